The van der Waals surface area contributed by atoms with Crippen molar-refractivity contribution in [3.05, 3.63) is 35.5 Å². The summed E-state index contributed by atoms with van der Waals surface area (Å²) in [5.74, 6) is 0.799. The number of nitriles is 1. The van der Waals surface area contributed by atoms with E-state index in [1.807, 2.05) is 36.1 Å². The van der Waals surface area contributed by atoms with E-state index in [9.17, 15) is 13.7 Å². The van der Waals surface area contributed by atoms with Crippen LogP contribution in [0.1, 0.15) is 11.3 Å². The zero-order valence-electron chi connectivity index (χ0n) is 13.6. The van der Waals surface area contributed by atoms with Crippen molar-refractivity contribution < 1.29 is 12.8 Å². The van der Waals surface area contributed by atoms with Crippen LogP contribution in [0.5, 0.6) is 0 Å². The maximum absolute atomic E-state index is 11.6. The largest absolute Gasteiger partial charge is 0.419 e. The predicted octanol–water partition coefficient (Wildman–Crippen LogP) is 1.60. The number of benzene rings is 1. The summed E-state index contributed by atoms with van der Waals surface area (Å²) in [4.78, 5) is 6.14. The highest BCUT2D eigenvalue weighted by molar-refractivity contribution is 7.88. The zero-order chi connectivity index (χ0) is 17.3. The van der Waals surface area contributed by atoms with Crippen molar-refractivity contribution in [1.29, 1.82) is 5.26 Å². The molecule has 1 aliphatic rings. The Morgan fingerprint density at radius 1 is 1.17 bits per heavy atom. The molecule has 1 aromatic heterocycles. The smallest absolute Gasteiger partial charge is 0.235 e. The second kappa shape index (κ2) is 6.26. The molecule has 1 aliphatic heterocycles. The molecule has 0 spiro atoms. The third kappa shape index (κ3) is 3.27. The number of hydrogen-bond acceptors (Lipinski definition) is 6. The van der Waals surface area contributed by atoms with Crippen LogP contribution in [0.2, 0.25) is 0 Å². The SMILES string of the molecule is Cc1ccc(-c2nc(C#N)c(N3CCN(S(C)(=O)=O)CC3)o2)cc1. The fraction of sp³-hybridized carbons (Fsp3) is 0.375. The monoisotopic (exact) mass is 346 g/mol. The molecule has 8 heteroatoms. The van der Waals surface area contributed by atoms with E-state index < -0.39 is 10.0 Å². The van der Waals surface area contributed by atoms with Gasteiger partial charge < -0.3 is 9.32 Å². The van der Waals surface area contributed by atoms with E-state index in [1.54, 1.807) is 0 Å². The molecule has 1 saturated heterocycles. The van der Waals surface area contributed by atoms with Crippen LogP contribution >= 0.6 is 0 Å². The normalized spacial score (nSPS) is 16.1. The zero-order valence-corrected chi connectivity index (χ0v) is 14.4. The average Bonchev–Trinajstić information content (AvgIpc) is 2.99. The van der Waals surface area contributed by atoms with Crippen LogP contribution in [-0.2, 0) is 10.0 Å². The maximum Gasteiger partial charge on any atom is 0.235 e. The van der Waals surface area contributed by atoms with Gasteiger partial charge in [0, 0.05) is 31.7 Å². The van der Waals surface area contributed by atoms with Gasteiger partial charge in [0.2, 0.25) is 27.5 Å². The molecule has 0 amide bonds. The topological polar surface area (TPSA) is 90.4 Å². The number of oxazole rings is 1. The molecule has 24 heavy (non-hydrogen) atoms. The van der Waals surface area contributed by atoms with Crippen molar-refractivity contribution in [2.24, 2.45) is 0 Å². The van der Waals surface area contributed by atoms with Crippen LogP contribution in [0.25, 0.3) is 11.5 Å². The number of nitrogens with zero attached hydrogens (tertiary/aromatic N) is 4. The van der Waals surface area contributed by atoms with E-state index in [2.05, 4.69) is 11.1 Å². The van der Waals surface area contributed by atoms with E-state index >= 15 is 0 Å². The fourth-order valence-corrected chi connectivity index (χ4v) is 3.47. The van der Waals surface area contributed by atoms with Gasteiger partial charge in [-0.3, -0.25) is 0 Å². The molecule has 0 atom stereocenters. The van der Waals surface area contributed by atoms with Gasteiger partial charge in [0.05, 0.1) is 6.26 Å². The molecule has 1 aromatic carbocycles. The molecular formula is C16H18N4O3S. The van der Waals surface area contributed by atoms with Gasteiger partial charge in [-0.1, -0.05) is 17.7 Å². The molecule has 0 radical (unpaired) electrons. The molecule has 0 N–H and O–H groups in total. The number of piperazine rings is 1. The first-order valence-corrected chi connectivity index (χ1v) is 9.41. The molecule has 0 saturated carbocycles. The summed E-state index contributed by atoms with van der Waals surface area (Å²) in [6, 6.07) is 9.76. The Balaban J connectivity index is 1.84. The lowest BCUT2D eigenvalue weighted by molar-refractivity contribution is 0.377. The highest BCUT2D eigenvalue weighted by Gasteiger charge is 2.27. The van der Waals surface area contributed by atoms with Crippen LogP contribution in [0.3, 0.4) is 0 Å². The molecule has 0 bridgehead atoms. The van der Waals surface area contributed by atoms with E-state index in [-0.39, 0.29) is 5.69 Å². The third-order valence-electron chi connectivity index (χ3n) is 4.01. The third-order valence-corrected chi connectivity index (χ3v) is 5.31. The van der Waals surface area contributed by atoms with Crippen molar-refractivity contribution in [3.63, 3.8) is 0 Å². The lowest BCUT2D eigenvalue weighted by Crippen LogP contribution is -2.48. The number of aromatic nitrogens is 1. The molecule has 2 heterocycles. The van der Waals surface area contributed by atoms with Crippen LogP contribution in [0.4, 0.5) is 5.88 Å². The Bertz CT molecular complexity index is 873. The van der Waals surface area contributed by atoms with Crippen LogP contribution < -0.4 is 4.90 Å². The number of rotatable bonds is 3. The highest BCUT2D eigenvalue weighted by atomic mass is 32.2. The summed E-state index contributed by atoms with van der Waals surface area (Å²) in [5.41, 5.74) is 2.15. The molecular weight excluding hydrogens is 328 g/mol. The maximum atomic E-state index is 11.6. The number of anilines is 1. The first-order valence-electron chi connectivity index (χ1n) is 7.56. The van der Waals surface area contributed by atoms with Gasteiger partial charge in [-0.15, -0.1) is 0 Å². The first kappa shape index (κ1) is 16.5. The summed E-state index contributed by atoms with van der Waals surface area (Å²) >= 11 is 0. The summed E-state index contributed by atoms with van der Waals surface area (Å²) < 4.78 is 30.4. The number of aryl methyl sites for hydroxylation is 1. The fourth-order valence-electron chi connectivity index (χ4n) is 2.64. The van der Waals surface area contributed by atoms with E-state index in [0.29, 0.717) is 38.0 Å². The number of hydrogen-bond donors (Lipinski definition) is 0. The van der Waals surface area contributed by atoms with Crippen LogP contribution in [-0.4, -0.2) is 50.1 Å². The lowest BCUT2D eigenvalue weighted by atomic mass is 10.1. The van der Waals surface area contributed by atoms with Gasteiger partial charge in [-0.2, -0.15) is 14.6 Å². The summed E-state index contributed by atoms with van der Waals surface area (Å²) in [7, 11) is -3.19. The second-order valence-electron chi connectivity index (χ2n) is 5.80. The highest BCUT2D eigenvalue weighted by Crippen LogP contribution is 2.29. The molecule has 2 aromatic rings. The van der Waals surface area contributed by atoms with Crippen molar-refractivity contribution in [3.8, 4) is 17.5 Å². The Morgan fingerprint density at radius 3 is 2.33 bits per heavy atom. The second-order valence-corrected chi connectivity index (χ2v) is 7.78. The van der Waals surface area contributed by atoms with E-state index in [4.69, 9.17) is 4.42 Å². The molecule has 3 rings (SSSR count). The van der Waals surface area contributed by atoms with Gasteiger partial charge >= 0.3 is 0 Å². The quantitative estimate of drug-likeness (QED) is 0.838. The van der Waals surface area contributed by atoms with E-state index in [1.165, 1.54) is 10.6 Å². The van der Waals surface area contributed by atoms with E-state index in [0.717, 1.165) is 11.1 Å². The van der Waals surface area contributed by atoms with Crippen molar-refractivity contribution in [2.75, 3.05) is 37.3 Å². The average molecular weight is 346 g/mol. The Labute approximate surface area is 141 Å². The Hall–Kier alpha value is -2.37. The molecule has 0 aliphatic carbocycles. The van der Waals surface area contributed by atoms with Crippen molar-refractivity contribution >= 4 is 15.9 Å². The predicted molar refractivity (Wildman–Crippen MR) is 90.0 cm³/mol. The van der Waals surface area contributed by atoms with Crippen LogP contribution in [0.15, 0.2) is 28.7 Å². The van der Waals surface area contributed by atoms with Gasteiger partial charge in [0.25, 0.3) is 0 Å². The van der Waals surface area contributed by atoms with Crippen molar-refractivity contribution in [2.45, 2.75) is 6.92 Å². The van der Waals surface area contributed by atoms with Crippen LogP contribution in [0, 0.1) is 18.3 Å². The Kier molecular flexibility index (Phi) is 4.30. The molecule has 126 valence electrons. The number of sulfonamides is 1. The van der Waals surface area contributed by atoms with Gasteiger partial charge in [0.15, 0.2) is 0 Å². The Morgan fingerprint density at radius 2 is 1.79 bits per heavy atom. The molecule has 0 unspecified atom stereocenters. The lowest BCUT2D eigenvalue weighted by Gasteiger charge is -2.32. The molecule has 1 fully saturated rings. The van der Waals surface area contributed by atoms with Gasteiger partial charge in [0.1, 0.15) is 6.07 Å². The minimum absolute atomic E-state index is 0.221. The van der Waals surface area contributed by atoms with Gasteiger partial charge in [-0.05, 0) is 19.1 Å². The summed E-state index contributed by atoms with van der Waals surface area (Å²) in [5, 5.41) is 9.33. The van der Waals surface area contributed by atoms with Gasteiger partial charge in [-0.25, -0.2) is 8.42 Å². The summed E-state index contributed by atoms with van der Waals surface area (Å²) in [6.45, 7) is 3.65. The summed E-state index contributed by atoms with van der Waals surface area (Å²) in [6.07, 6.45) is 1.20. The van der Waals surface area contributed by atoms with Crippen molar-refractivity contribution in [1.82, 2.24) is 9.29 Å². The standard InChI is InChI=1S/C16H18N4O3S/c1-12-3-5-13(6-4-12)15-18-14(11-17)16(23-15)19-7-9-20(10-8-19)24(2,21)22/h3-6H,7-10H2,1-2H3. The molecule has 7 nitrogen and oxygen atoms in total. The minimum Gasteiger partial charge on any atom is -0.419 e. The first-order chi connectivity index (χ1) is 11.4. The minimum atomic E-state index is -3.19.